The molecule has 17 heavy (non-hydrogen) atoms. The number of benzene rings is 1. The van der Waals surface area contributed by atoms with Crippen molar-refractivity contribution in [3.63, 3.8) is 0 Å². The molecule has 0 radical (unpaired) electrons. The predicted molar refractivity (Wildman–Crippen MR) is 62.9 cm³/mol. The highest BCUT2D eigenvalue weighted by Gasteiger charge is 2.31. The maximum atomic E-state index is 12.6. The SMILES string of the molecule is CCCC[C@@H](N)c1cc(Cl)cc(C(F)(F)F)c1. The standard InChI is InChI=1S/C12H15ClF3N/c1-2-3-4-11(17)8-5-9(12(14,15)16)7-10(13)6-8/h5-7,11H,2-4,17H2,1H3/t11-/m1/s1. The quantitative estimate of drug-likeness (QED) is 0.849. The zero-order chi connectivity index (χ0) is 13.1. The molecule has 5 heteroatoms. The fourth-order valence-corrected chi connectivity index (χ4v) is 1.82. The van der Waals surface area contributed by atoms with E-state index >= 15 is 0 Å². The second-order valence-corrected chi connectivity index (χ2v) is 4.46. The highest BCUT2D eigenvalue weighted by Crippen LogP contribution is 2.33. The van der Waals surface area contributed by atoms with Crippen molar-refractivity contribution in [1.82, 2.24) is 0 Å². The van der Waals surface area contributed by atoms with E-state index in [9.17, 15) is 13.2 Å². The first kappa shape index (κ1) is 14.3. The summed E-state index contributed by atoms with van der Waals surface area (Å²) in [6, 6.07) is 3.09. The smallest absolute Gasteiger partial charge is 0.324 e. The van der Waals surface area contributed by atoms with Crippen molar-refractivity contribution in [1.29, 1.82) is 0 Å². The molecule has 1 aromatic carbocycles. The highest BCUT2D eigenvalue weighted by molar-refractivity contribution is 6.30. The normalized spacial score (nSPS) is 13.8. The average molecular weight is 266 g/mol. The van der Waals surface area contributed by atoms with Crippen LogP contribution in [0.4, 0.5) is 13.2 Å². The lowest BCUT2D eigenvalue weighted by molar-refractivity contribution is -0.137. The fourth-order valence-electron chi connectivity index (χ4n) is 1.58. The number of nitrogens with two attached hydrogens (primary N) is 1. The third-order valence-corrected chi connectivity index (χ3v) is 2.76. The van der Waals surface area contributed by atoms with Crippen LogP contribution in [0.2, 0.25) is 5.02 Å². The molecule has 1 aromatic rings. The number of hydrogen-bond donors (Lipinski definition) is 1. The van der Waals surface area contributed by atoms with E-state index in [4.69, 9.17) is 17.3 Å². The summed E-state index contributed by atoms with van der Waals surface area (Å²) < 4.78 is 37.7. The monoisotopic (exact) mass is 265 g/mol. The third kappa shape index (κ3) is 4.21. The summed E-state index contributed by atoms with van der Waals surface area (Å²) in [7, 11) is 0. The molecule has 0 fully saturated rings. The molecule has 0 saturated heterocycles. The van der Waals surface area contributed by atoms with Crippen LogP contribution in [0, 0.1) is 0 Å². The number of alkyl halides is 3. The molecule has 0 bridgehead atoms. The lowest BCUT2D eigenvalue weighted by Gasteiger charge is -2.15. The summed E-state index contributed by atoms with van der Waals surface area (Å²) in [6.07, 6.45) is -1.88. The Morgan fingerprint density at radius 2 is 1.94 bits per heavy atom. The van der Waals surface area contributed by atoms with Gasteiger partial charge in [-0.05, 0) is 30.2 Å². The summed E-state index contributed by atoms with van der Waals surface area (Å²) in [4.78, 5) is 0. The van der Waals surface area contributed by atoms with Crippen molar-refractivity contribution in [3.05, 3.63) is 34.3 Å². The van der Waals surface area contributed by atoms with Gasteiger partial charge in [-0.3, -0.25) is 0 Å². The van der Waals surface area contributed by atoms with E-state index < -0.39 is 17.8 Å². The molecule has 0 aliphatic carbocycles. The van der Waals surface area contributed by atoms with Crippen LogP contribution in [0.25, 0.3) is 0 Å². The van der Waals surface area contributed by atoms with E-state index in [1.54, 1.807) is 0 Å². The number of halogens is 4. The molecule has 0 spiro atoms. The Hall–Kier alpha value is -0.740. The van der Waals surface area contributed by atoms with Crippen molar-refractivity contribution in [2.24, 2.45) is 5.73 Å². The van der Waals surface area contributed by atoms with Gasteiger partial charge in [0.15, 0.2) is 0 Å². The second-order valence-electron chi connectivity index (χ2n) is 4.02. The molecule has 1 nitrogen and oxygen atoms in total. The molecule has 96 valence electrons. The Kier molecular flexibility index (Phi) is 4.83. The number of hydrogen-bond acceptors (Lipinski definition) is 1. The Labute approximate surface area is 104 Å². The van der Waals surface area contributed by atoms with Crippen molar-refractivity contribution in [2.45, 2.75) is 38.4 Å². The van der Waals surface area contributed by atoms with E-state index in [1.807, 2.05) is 6.92 Å². The first-order valence-electron chi connectivity index (χ1n) is 5.48. The van der Waals surface area contributed by atoms with Crippen LogP contribution < -0.4 is 5.73 Å². The van der Waals surface area contributed by atoms with E-state index in [-0.39, 0.29) is 5.02 Å². The third-order valence-electron chi connectivity index (χ3n) is 2.54. The van der Waals surface area contributed by atoms with E-state index in [2.05, 4.69) is 0 Å². The van der Waals surface area contributed by atoms with E-state index in [1.165, 1.54) is 6.07 Å². The fraction of sp³-hybridized carbons (Fsp3) is 0.500. The molecular formula is C12H15ClF3N. The van der Waals surface area contributed by atoms with Gasteiger partial charge >= 0.3 is 6.18 Å². The minimum atomic E-state index is -4.38. The summed E-state index contributed by atoms with van der Waals surface area (Å²) >= 11 is 5.68. The minimum Gasteiger partial charge on any atom is -0.324 e. The zero-order valence-corrected chi connectivity index (χ0v) is 10.3. The molecule has 0 unspecified atom stereocenters. The van der Waals surface area contributed by atoms with Crippen LogP contribution >= 0.6 is 11.6 Å². The molecule has 2 N–H and O–H groups in total. The van der Waals surface area contributed by atoms with Gasteiger partial charge in [-0.2, -0.15) is 13.2 Å². The van der Waals surface area contributed by atoms with Crippen LogP contribution in [-0.2, 0) is 6.18 Å². The van der Waals surface area contributed by atoms with Gasteiger partial charge in [0.1, 0.15) is 0 Å². The summed E-state index contributed by atoms with van der Waals surface area (Å²) in [6.45, 7) is 2.01. The predicted octanol–water partition coefficient (Wildman–Crippen LogP) is 4.55. The van der Waals surface area contributed by atoms with Crippen LogP contribution in [0.3, 0.4) is 0 Å². The molecule has 0 aliphatic heterocycles. The molecule has 0 heterocycles. The molecule has 0 aromatic heterocycles. The van der Waals surface area contributed by atoms with Gasteiger partial charge < -0.3 is 5.73 Å². The van der Waals surface area contributed by atoms with Crippen molar-refractivity contribution in [2.75, 3.05) is 0 Å². The van der Waals surface area contributed by atoms with Crippen LogP contribution in [0.1, 0.15) is 43.4 Å². The molecular weight excluding hydrogens is 251 g/mol. The van der Waals surface area contributed by atoms with Crippen molar-refractivity contribution < 1.29 is 13.2 Å². The van der Waals surface area contributed by atoms with Gasteiger partial charge in [-0.15, -0.1) is 0 Å². The van der Waals surface area contributed by atoms with E-state index in [0.717, 1.165) is 25.0 Å². The minimum absolute atomic E-state index is 0.0711. The van der Waals surface area contributed by atoms with Gasteiger partial charge in [-0.25, -0.2) is 0 Å². The van der Waals surface area contributed by atoms with Crippen molar-refractivity contribution in [3.8, 4) is 0 Å². The summed E-state index contributed by atoms with van der Waals surface area (Å²) in [5.74, 6) is 0. The van der Waals surface area contributed by atoms with Crippen LogP contribution in [0.15, 0.2) is 18.2 Å². The molecule has 0 saturated carbocycles. The number of rotatable bonds is 4. The Morgan fingerprint density at radius 3 is 2.47 bits per heavy atom. The number of unbranched alkanes of at least 4 members (excludes halogenated alkanes) is 1. The topological polar surface area (TPSA) is 26.0 Å². The van der Waals surface area contributed by atoms with Crippen LogP contribution in [0.5, 0.6) is 0 Å². The Balaban J connectivity index is 2.97. The van der Waals surface area contributed by atoms with Gasteiger partial charge in [0.2, 0.25) is 0 Å². The zero-order valence-electron chi connectivity index (χ0n) is 9.52. The van der Waals surface area contributed by atoms with Crippen molar-refractivity contribution >= 4 is 11.6 Å². The highest BCUT2D eigenvalue weighted by atomic mass is 35.5. The van der Waals surface area contributed by atoms with Gasteiger partial charge in [0, 0.05) is 11.1 Å². The van der Waals surface area contributed by atoms with Gasteiger partial charge in [-0.1, -0.05) is 31.4 Å². The largest absolute Gasteiger partial charge is 0.416 e. The first-order valence-corrected chi connectivity index (χ1v) is 5.85. The van der Waals surface area contributed by atoms with Crippen LogP contribution in [-0.4, -0.2) is 0 Å². The molecule has 1 rings (SSSR count). The summed E-state index contributed by atoms with van der Waals surface area (Å²) in [5, 5.41) is 0.0711. The lowest BCUT2D eigenvalue weighted by atomic mass is 10.00. The van der Waals surface area contributed by atoms with Gasteiger partial charge in [0.25, 0.3) is 0 Å². The Bertz CT molecular complexity index is 377. The van der Waals surface area contributed by atoms with Gasteiger partial charge in [0.05, 0.1) is 5.56 Å². The lowest BCUT2D eigenvalue weighted by Crippen LogP contribution is -2.12. The Morgan fingerprint density at radius 1 is 1.29 bits per heavy atom. The average Bonchev–Trinajstić information content (AvgIpc) is 2.23. The maximum absolute atomic E-state index is 12.6. The second kappa shape index (κ2) is 5.74. The molecule has 0 aliphatic rings. The molecule has 1 atom stereocenters. The molecule has 0 amide bonds. The van der Waals surface area contributed by atoms with E-state index in [0.29, 0.717) is 12.0 Å². The summed E-state index contributed by atoms with van der Waals surface area (Å²) in [5.41, 5.74) is 5.54. The first-order chi connectivity index (χ1) is 7.84. The maximum Gasteiger partial charge on any atom is 0.416 e.